The fourth-order valence-electron chi connectivity index (χ4n) is 2.84. The van der Waals surface area contributed by atoms with Crippen molar-refractivity contribution in [1.29, 1.82) is 0 Å². The monoisotopic (exact) mass is 350 g/mol. The number of benzene rings is 2. The lowest BCUT2D eigenvalue weighted by atomic mass is 10.2. The van der Waals surface area contributed by atoms with Crippen LogP contribution in [-0.2, 0) is 13.1 Å². The standard InChI is InChI=1S/C21H26N4O/c1-3-22-21(23-14-17-10-6-8-12-20(17)26-4-2)24-15-18-13-16-9-5-7-11-19(16)25-18/h5-13,25H,3-4,14-15H2,1-2H3,(H2,22,23,24). The molecule has 0 radical (unpaired) electrons. The molecule has 0 aliphatic rings. The molecule has 0 aliphatic heterocycles. The number of guanidine groups is 1. The van der Waals surface area contributed by atoms with Crippen molar-refractivity contribution in [3.05, 3.63) is 65.9 Å². The Balaban J connectivity index is 1.67. The molecule has 0 amide bonds. The van der Waals surface area contributed by atoms with E-state index in [0.717, 1.165) is 35.0 Å². The SMILES string of the molecule is CCNC(=NCc1ccccc1OCC)NCc1cc2ccccc2[nH]1. The maximum absolute atomic E-state index is 5.68. The highest BCUT2D eigenvalue weighted by molar-refractivity contribution is 5.81. The minimum atomic E-state index is 0.568. The molecule has 0 aliphatic carbocycles. The van der Waals surface area contributed by atoms with Gasteiger partial charge in [0.1, 0.15) is 5.75 Å². The average Bonchev–Trinajstić information content (AvgIpc) is 3.08. The maximum atomic E-state index is 5.68. The molecule has 3 aromatic rings. The zero-order valence-electron chi connectivity index (χ0n) is 15.4. The Bertz CT molecular complexity index is 836. The van der Waals surface area contributed by atoms with Crippen LogP contribution < -0.4 is 15.4 Å². The molecular weight excluding hydrogens is 324 g/mol. The van der Waals surface area contributed by atoms with Crippen LogP contribution in [0, 0.1) is 0 Å². The number of hydrogen-bond donors (Lipinski definition) is 3. The molecule has 5 heteroatoms. The van der Waals surface area contributed by atoms with E-state index in [0.29, 0.717) is 19.7 Å². The van der Waals surface area contributed by atoms with Gasteiger partial charge in [-0.15, -0.1) is 0 Å². The minimum absolute atomic E-state index is 0.568. The van der Waals surface area contributed by atoms with Gasteiger partial charge in [0.2, 0.25) is 0 Å². The van der Waals surface area contributed by atoms with Crippen LogP contribution in [0.5, 0.6) is 5.75 Å². The highest BCUT2D eigenvalue weighted by Gasteiger charge is 2.04. The molecule has 0 atom stereocenters. The van der Waals surface area contributed by atoms with Gasteiger partial charge in [0.25, 0.3) is 0 Å². The van der Waals surface area contributed by atoms with Gasteiger partial charge in [-0.25, -0.2) is 4.99 Å². The lowest BCUT2D eigenvalue weighted by Crippen LogP contribution is -2.36. The van der Waals surface area contributed by atoms with Gasteiger partial charge in [-0.2, -0.15) is 0 Å². The van der Waals surface area contributed by atoms with E-state index in [1.807, 2.05) is 31.2 Å². The lowest BCUT2D eigenvalue weighted by molar-refractivity contribution is 0.336. The Labute approximate surface area is 154 Å². The Kier molecular flexibility index (Phi) is 6.14. The molecule has 5 nitrogen and oxygen atoms in total. The quantitative estimate of drug-likeness (QED) is 0.448. The number of fused-ring (bicyclic) bond motifs is 1. The molecule has 0 fully saturated rings. The van der Waals surface area contributed by atoms with Crippen molar-refractivity contribution < 1.29 is 4.74 Å². The van der Waals surface area contributed by atoms with Crippen molar-refractivity contribution in [2.45, 2.75) is 26.9 Å². The predicted octanol–water partition coefficient (Wildman–Crippen LogP) is 3.82. The van der Waals surface area contributed by atoms with Crippen molar-refractivity contribution in [1.82, 2.24) is 15.6 Å². The number of hydrogen-bond acceptors (Lipinski definition) is 2. The first-order chi connectivity index (χ1) is 12.8. The van der Waals surface area contributed by atoms with Crippen molar-refractivity contribution in [3.8, 4) is 5.75 Å². The molecule has 3 rings (SSSR count). The van der Waals surface area contributed by atoms with Gasteiger partial charge in [-0.05, 0) is 37.4 Å². The number of aromatic nitrogens is 1. The Morgan fingerprint density at radius 3 is 2.65 bits per heavy atom. The minimum Gasteiger partial charge on any atom is -0.494 e. The van der Waals surface area contributed by atoms with Crippen LogP contribution >= 0.6 is 0 Å². The predicted molar refractivity (Wildman–Crippen MR) is 108 cm³/mol. The first kappa shape index (κ1) is 17.9. The highest BCUT2D eigenvalue weighted by Crippen LogP contribution is 2.18. The molecule has 0 spiro atoms. The molecule has 1 heterocycles. The van der Waals surface area contributed by atoms with Gasteiger partial charge >= 0.3 is 0 Å². The lowest BCUT2D eigenvalue weighted by Gasteiger charge is -2.12. The summed E-state index contributed by atoms with van der Waals surface area (Å²) < 4.78 is 5.68. The number of H-pyrrole nitrogens is 1. The van der Waals surface area contributed by atoms with Crippen molar-refractivity contribution in [2.75, 3.05) is 13.2 Å². The molecule has 3 N–H and O–H groups in total. The molecule has 1 aromatic heterocycles. The molecule has 0 unspecified atom stereocenters. The van der Waals surface area contributed by atoms with E-state index in [1.165, 1.54) is 5.39 Å². The topological polar surface area (TPSA) is 61.4 Å². The smallest absolute Gasteiger partial charge is 0.191 e. The van der Waals surface area contributed by atoms with Crippen LogP contribution in [0.1, 0.15) is 25.1 Å². The van der Waals surface area contributed by atoms with Crippen LogP contribution in [-0.4, -0.2) is 24.1 Å². The zero-order chi connectivity index (χ0) is 18.2. The van der Waals surface area contributed by atoms with Gasteiger partial charge in [-0.3, -0.25) is 0 Å². The third kappa shape index (κ3) is 4.57. The zero-order valence-corrected chi connectivity index (χ0v) is 15.4. The Hall–Kier alpha value is -2.95. The van der Waals surface area contributed by atoms with E-state index >= 15 is 0 Å². The summed E-state index contributed by atoms with van der Waals surface area (Å²) in [5, 5.41) is 7.90. The van der Waals surface area contributed by atoms with Gasteiger partial charge < -0.3 is 20.4 Å². The number of nitrogens with one attached hydrogen (secondary N) is 3. The summed E-state index contributed by atoms with van der Waals surface area (Å²) in [6.45, 7) is 6.77. The number of nitrogens with zero attached hydrogens (tertiary/aromatic N) is 1. The number of para-hydroxylation sites is 2. The van der Waals surface area contributed by atoms with E-state index in [1.54, 1.807) is 0 Å². The van der Waals surface area contributed by atoms with Crippen molar-refractivity contribution in [2.24, 2.45) is 4.99 Å². The Morgan fingerprint density at radius 2 is 1.85 bits per heavy atom. The van der Waals surface area contributed by atoms with Crippen LogP contribution in [0.4, 0.5) is 0 Å². The van der Waals surface area contributed by atoms with Crippen molar-refractivity contribution >= 4 is 16.9 Å². The number of aliphatic imine (C=N–C) groups is 1. The first-order valence-corrected chi connectivity index (χ1v) is 9.09. The van der Waals surface area contributed by atoms with E-state index < -0.39 is 0 Å². The number of ether oxygens (including phenoxy) is 1. The van der Waals surface area contributed by atoms with E-state index in [-0.39, 0.29) is 0 Å². The second kappa shape index (κ2) is 8.94. The van der Waals surface area contributed by atoms with Gasteiger partial charge in [0.05, 0.1) is 19.7 Å². The van der Waals surface area contributed by atoms with Gasteiger partial charge in [0.15, 0.2) is 5.96 Å². The Morgan fingerprint density at radius 1 is 1.04 bits per heavy atom. The molecule has 136 valence electrons. The van der Waals surface area contributed by atoms with Crippen LogP contribution in [0.2, 0.25) is 0 Å². The summed E-state index contributed by atoms with van der Waals surface area (Å²) in [5.74, 6) is 1.68. The molecule has 0 saturated heterocycles. The molecule has 0 bridgehead atoms. The molecule has 26 heavy (non-hydrogen) atoms. The third-order valence-corrected chi connectivity index (χ3v) is 4.06. The van der Waals surface area contributed by atoms with E-state index in [2.05, 4.69) is 52.9 Å². The summed E-state index contributed by atoms with van der Waals surface area (Å²) in [5.41, 5.74) is 3.36. The van der Waals surface area contributed by atoms with Gasteiger partial charge in [0, 0.05) is 23.3 Å². The molecular formula is C21H26N4O. The second-order valence-corrected chi connectivity index (χ2v) is 5.97. The normalized spacial score (nSPS) is 11.5. The summed E-state index contributed by atoms with van der Waals surface area (Å²) in [7, 11) is 0. The maximum Gasteiger partial charge on any atom is 0.191 e. The third-order valence-electron chi connectivity index (χ3n) is 4.06. The fourth-order valence-corrected chi connectivity index (χ4v) is 2.84. The number of rotatable bonds is 7. The largest absolute Gasteiger partial charge is 0.494 e. The highest BCUT2D eigenvalue weighted by atomic mass is 16.5. The van der Waals surface area contributed by atoms with Gasteiger partial charge in [-0.1, -0.05) is 36.4 Å². The van der Waals surface area contributed by atoms with E-state index in [4.69, 9.17) is 9.73 Å². The van der Waals surface area contributed by atoms with E-state index in [9.17, 15) is 0 Å². The van der Waals surface area contributed by atoms with Crippen LogP contribution in [0.25, 0.3) is 10.9 Å². The molecule has 2 aromatic carbocycles. The van der Waals surface area contributed by atoms with Crippen LogP contribution in [0.3, 0.4) is 0 Å². The number of aromatic amines is 1. The second-order valence-electron chi connectivity index (χ2n) is 5.97. The fraction of sp³-hybridized carbons (Fsp3) is 0.286. The van der Waals surface area contributed by atoms with Crippen LogP contribution in [0.15, 0.2) is 59.6 Å². The summed E-state index contributed by atoms with van der Waals surface area (Å²) >= 11 is 0. The average molecular weight is 350 g/mol. The molecule has 0 saturated carbocycles. The summed E-state index contributed by atoms with van der Waals surface area (Å²) in [6, 6.07) is 18.5. The summed E-state index contributed by atoms with van der Waals surface area (Å²) in [4.78, 5) is 8.12. The first-order valence-electron chi connectivity index (χ1n) is 9.09. The summed E-state index contributed by atoms with van der Waals surface area (Å²) in [6.07, 6.45) is 0. The van der Waals surface area contributed by atoms with Crippen molar-refractivity contribution in [3.63, 3.8) is 0 Å².